The molecule has 0 spiro atoms. The third-order valence-electron chi connectivity index (χ3n) is 3.07. The molecule has 1 aromatic carbocycles. The molecule has 0 N–H and O–H groups in total. The lowest BCUT2D eigenvalue weighted by Gasteiger charge is -2.17. The van der Waals surface area contributed by atoms with E-state index >= 15 is 0 Å². The van der Waals surface area contributed by atoms with Crippen LogP contribution in [0.3, 0.4) is 0 Å². The first-order valence-corrected chi connectivity index (χ1v) is 6.33. The maximum atomic E-state index is 12.4. The van der Waals surface area contributed by atoms with E-state index in [-0.39, 0.29) is 5.91 Å². The summed E-state index contributed by atoms with van der Waals surface area (Å²) in [4.78, 5) is 18.4. The van der Waals surface area contributed by atoms with Gasteiger partial charge in [0.15, 0.2) is 0 Å². The van der Waals surface area contributed by atoms with Crippen molar-refractivity contribution >= 4 is 16.8 Å². The Morgan fingerprint density at radius 2 is 2.11 bits per heavy atom. The quantitative estimate of drug-likeness (QED) is 0.825. The van der Waals surface area contributed by atoms with Crippen LogP contribution in [0.15, 0.2) is 36.5 Å². The highest BCUT2D eigenvalue weighted by atomic mass is 16.2. The molecular weight excluding hydrogens is 224 g/mol. The van der Waals surface area contributed by atoms with Crippen molar-refractivity contribution in [2.45, 2.75) is 19.8 Å². The molecule has 1 amide bonds. The molecular formula is C15H18N2O. The number of rotatable bonds is 4. The number of amides is 1. The number of unbranched alkanes of at least 4 members (excludes halogenated alkanes) is 1. The number of hydrogen-bond acceptors (Lipinski definition) is 2. The zero-order valence-electron chi connectivity index (χ0n) is 10.9. The highest BCUT2D eigenvalue weighted by Crippen LogP contribution is 2.17. The normalized spacial score (nSPS) is 10.6. The Morgan fingerprint density at radius 1 is 1.28 bits per heavy atom. The van der Waals surface area contributed by atoms with Crippen molar-refractivity contribution in [2.75, 3.05) is 13.6 Å². The van der Waals surface area contributed by atoms with E-state index in [2.05, 4.69) is 11.9 Å². The Labute approximate surface area is 107 Å². The van der Waals surface area contributed by atoms with Gasteiger partial charge in [-0.2, -0.15) is 0 Å². The molecule has 0 aliphatic rings. The van der Waals surface area contributed by atoms with Crippen LogP contribution in [-0.2, 0) is 0 Å². The van der Waals surface area contributed by atoms with Crippen molar-refractivity contribution in [3.05, 3.63) is 42.1 Å². The van der Waals surface area contributed by atoms with E-state index in [9.17, 15) is 4.79 Å². The third kappa shape index (κ3) is 2.50. The van der Waals surface area contributed by atoms with Crippen LogP contribution >= 0.6 is 0 Å². The Morgan fingerprint density at radius 3 is 2.89 bits per heavy atom. The Balaban J connectivity index is 2.33. The van der Waals surface area contributed by atoms with Crippen LogP contribution in [0.4, 0.5) is 0 Å². The van der Waals surface area contributed by atoms with Gasteiger partial charge in [-0.25, -0.2) is 0 Å². The first-order chi connectivity index (χ1) is 8.74. The smallest absolute Gasteiger partial charge is 0.254 e. The summed E-state index contributed by atoms with van der Waals surface area (Å²) in [6, 6.07) is 9.50. The van der Waals surface area contributed by atoms with Crippen molar-refractivity contribution in [1.29, 1.82) is 0 Å². The second-order valence-corrected chi connectivity index (χ2v) is 4.46. The highest BCUT2D eigenvalue weighted by molar-refractivity contribution is 6.05. The molecule has 0 radical (unpaired) electrons. The van der Waals surface area contributed by atoms with Crippen molar-refractivity contribution in [1.82, 2.24) is 9.88 Å². The standard InChI is InChI=1S/C15H18N2O/c1-3-4-11-17(2)15(18)13-7-5-9-14-12(13)8-6-10-16-14/h5-10H,3-4,11H2,1-2H3. The molecule has 0 saturated heterocycles. The minimum Gasteiger partial charge on any atom is -0.342 e. The molecule has 0 unspecified atom stereocenters. The van der Waals surface area contributed by atoms with Crippen LogP contribution in [0.5, 0.6) is 0 Å². The fourth-order valence-corrected chi connectivity index (χ4v) is 1.99. The molecule has 2 rings (SSSR count). The van der Waals surface area contributed by atoms with Gasteiger partial charge in [0.25, 0.3) is 5.91 Å². The number of benzene rings is 1. The Hall–Kier alpha value is -1.90. The van der Waals surface area contributed by atoms with Crippen LogP contribution in [-0.4, -0.2) is 29.4 Å². The second-order valence-electron chi connectivity index (χ2n) is 4.46. The molecule has 0 bridgehead atoms. The summed E-state index contributed by atoms with van der Waals surface area (Å²) >= 11 is 0. The number of pyridine rings is 1. The Bertz CT molecular complexity index is 546. The third-order valence-corrected chi connectivity index (χ3v) is 3.07. The molecule has 18 heavy (non-hydrogen) atoms. The number of carbonyl (C=O) groups excluding carboxylic acids is 1. The van der Waals surface area contributed by atoms with E-state index in [0.717, 1.165) is 35.9 Å². The fraction of sp³-hybridized carbons (Fsp3) is 0.333. The van der Waals surface area contributed by atoms with Crippen molar-refractivity contribution in [2.24, 2.45) is 0 Å². The van der Waals surface area contributed by atoms with Crippen LogP contribution < -0.4 is 0 Å². The van der Waals surface area contributed by atoms with Crippen LogP contribution in [0.2, 0.25) is 0 Å². The van der Waals surface area contributed by atoms with Gasteiger partial charge in [-0.05, 0) is 24.6 Å². The van der Waals surface area contributed by atoms with E-state index in [1.54, 1.807) is 11.1 Å². The van der Waals surface area contributed by atoms with Gasteiger partial charge in [-0.1, -0.05) is 25.5 Å². The number of fused-ring (bicyclic) bond motifs is 1. The molecule has 94 valence electrons. The number of aromatic nitrogens is 1. The van der Waals surface area contributed by atoms with E-state index in [0.29, 0.717) is 0 Å². The van der Waals surface area contributed by atoms with Crippen molar-refractivity contribution < 1.29 is 4.79 Å². The van der Waals surface area contributed by atoms with Gasteiger partial charge < -0.3 is 4.90 Å². The van der Waals surface area contributed by atoms with E-state index < -0.39 is 0 Å². The summed E-state index contributed by atoms with van der Waals surface area (Å²) in [7, 11) is 1.85. The molecule has 0 aliphatic carbocycles. The minimum absolute atomic E-state index is 0.0713. The molecule has 3 nitrogen and oxygen atoms in total. The van der Waals surface area contributed by atoms with Crippen LogP contribution in [0, 0.1) is 0 Å². The zero-order chi connectivity index (χ0) is 13.0. The fourth-order valence-electron chi connectivity index (χ4n) is 1.99. The number of carbonyl (C=O) groups is 1. The number of nitrogens with zero attached hydrogens (tertiary/aromatic N) is 2. The Kier molecular flexibility index (Phi) is 3.92. The van der Waals surface area contributed by atoms with Gasteiger partial charge in [0.1, 0.15) is 0 Å². The molecule has 0 fully saturated rings. The summed E-state index contributed by atoms with van der Waals surface area (Å²) < 4.78 is 0. The lowest BCUT2D eigenvalue weighted by atomic mass is 10.1. The van der Waals surface area contributed by atoms with Gasteiger partial charge in [-0.15, -0.1) is 0 Å². The summed E-state index contributed by atoms with van der Waals surface area (Å²) in [6.45, 7) is 2.92. The van der Waals surface area contributed by atoms with E-state index in [1.165, 1.54) is 0 Å². The largest absolute Gasteiger partial charge is 0.342 e. The predicted octanol–water partition coefficient (Wildman–Crippen LogP) is 3.11. The summed E-state index contributed by atoms with van der Waals surface area (Å²) in [5, 5.41) is 0.924. The molecule has 2 aromatic rings. The first-order valence-electron chi connectivity index (χ1n) is 6.33. The minimum atomic E-state index is 0.0713. The van der Waals surface area contributed by atoms with Gasteiger partial charge in [0.2, 0.25) is 0 Å². The maximum absolute atomic E-state index is 12.4. The summed E-state index contributed by atoms with van der Waals surface area (Å²) in [5.41, 5.74) is 1.60. The topological polar surface area (TPSA) is 33.2 Å². The monoisotopic (exact) mass is 242 g/mol. The van der Waals surface area contributed by atoms with Gasteiger partial charge >= 0.3 is 0 Å². The summed E-state index contributed by atoms with van der Waals surface area (Å²) in [6.07, 6.45) is 3.87. The molecule has 1 heterocycles. The second kappa shape index (κ2) is 5.63. The van der Waals surface area contributed by atoms with Gasteiger partial charge in [0.05, 0.1) is 5.52 Å². The SMILES string of the molecule is CCCCN(C)C(=O)c1cccc2ncccc12. The maximum Gasteiger partial charge on any atom is 0.254 e. The molecule has 0 aliphatic heterocycles. The average Bonchev–Trinajstić information content (AvgIpc) is 2.43. The molecule has 0 saturated carbocycles. The van der Waals surface area contributed by atoms with E-state index in [4.69, 9.17) is 0 Å². The number of hydrogen-bond donors (Lipinski definition) is 0. The first kappa shape index (κ1) is 12.6. The van der Waals surface area contributed by atoms with Crippen molar-refractivity contribution in [3.63, 3.8) is 0 Å². The van der Waals surface area contributed by atoms with E-state index in [1.807, 2.05) is 37.4 Å². The lowest BCUT2D eigenvalue weighted by Crippen LogP contribution is -2.27. The molecule has 1 aromatic heterocycles. The van der Waals surface area contributed by atoms with Crippen LogP contribution in [0.25, 0.3) is 10.9 Å². The van der Waals surface area contributed by atoms with Crippen molar-refractivity contribution in [3.8, 4) is 0 Å². The predicted molar refractivity (Wildman–Crippen MR) is 73.6 cm³/mol. The summed E-state index contributed by atoms with van der Waals surface area (Å²) in [5.74, 6) is 0.0713. The highest BCUT2D eigenvalue weighted by Gasteiger charge is 2.13. The molecule has 0 atom stereocenters. The van der Waals surface area contributed by atoms with Gasteiger partial charge in [0, 0.05) is 30.7 Å². The zero-order valence-corrected chi connectivity index (χ0v) is 10.9. The lowest BCUT2D eigenvalue weighted by molar-refractivity contribution is 0.0795. The average molecular weight is 242 g/mol. The van der Waals surface area contributed by atoms with Gasteiger partial charge in [-0.3, -0.25) is 9.78 Å². The van der Waals surface area contributed by atoms with Crippen LogP contribution in [0.1, 0.15) is 30.1 Å². The molecule has 3 heteroatoms.